The molecule has 0 N–H and O–H groups in total. The van der Waals surface area contributed by atoms with Gasteiger partial charge < -0.3 is 0 Å². The number of rotatable bonds is 1. The van der Waals surface area contributed by atoms with E-state index < -0.39 is 41.5 Å². The molecule has 136 valence electrons. The van der Waals surface area contributed by atoms with E-state index in [0.717, 1.165) is 3.51 Å². The molecule has 0 saturated carbocycles. The van der Waals surface area contributed by atoms with E-state index >= 15 is 0 Å². The summed E-state index contributed by atoms with van der Waals surface area (Å²) in [4.78, 5) is 0. The fourth-order valence-corrected chi connectivity index (χ4v) is 18.3. The van der Waals surface area contributed by atoms with Crippen molar-refractivity contribution in [3.05, 3.63) is 29.8 Å². The standard InChI is InChI=1S/C7H7.2C6H12O2.Sb/c1-7-5-3-2-4-6-7;2*1-5(2,7)6(3,4)8;/h3-6H,1H3;2*1-4H3;/q;2*-2;+4. The van der Waals surface area contributed by atoms with E-state index in [1.54, 1.807) is 0 Å². The zero-order chi connectivity index (χ0) is 18.3. The minimum atomic E-state index is -4.99. The first-order chi connectivity index (χ1) is 10.6. The average Bonchev–Trinajstić information content (AvgIpc) is 2.61. The molecule has 5 heteroatoms. The van der Waals surface area contributed by atoms with Gasteiger partial charge in [-0.05, 0) is 0 Å². The van der Waals surface area contributed by atoms with Gasteiger partial charge in [0.05, 0.1) is 0 Å². The van der Waals surface area contributed by atoms with E-state index in [2.05, 4.69) is 74.4 Å². The van der Waals surface area contributed by atoms with Crippen LogP contribution in [0.5, 0.6) is 0 Å². The number of hydrogen-bond acceptors (Lipinski definition) is 4. The van der Waals surface area contributed by atoms with Gasteiger partial charge in [-0.15, -0.1) is 0 Å². The Bertz CT molecular complexity index is 598. The van der Waals surface area contributed by atoms with Crippen molar-refractivity contribution < 1.29 is 12.1 Å². The first-order valence-electron chi connectivity index (χ1n) is 8.59. The summed E-state index contributed by atoms with van der Waals surface area (Å²) in [6.45, 7) is 18.5. The van der Waals surface area contributed by atoms with Crippen LogP contribution in [-0.2, 0) is 12.1 Å². The van der Waals surface area contributed by atoms with Gasteiger partial charge in [0, 0.05) is 0 Å². The number of hydrogen-bond donors (Lipinski definition) is 0. The molecule has 2 heterocycles. The second-order valence-corrected chi connectivity index (χ2v) is 17.2. The van der Waals surface area contributed by atoms with Gasteiger partial charge in [0.15, 0.2) is 0 Å². The Morgan fingerprint density at radius 2 is 0.875 bits per heavy atom. The van der Waals surface area contributed by atoms with Crippen molar-refractivity contribution in [3.63, 3.8) is 0 Å². The Hall–Kier alpha value is -0.122. The van der Waals surface area contributed by atoms with Crippen molar-refractivity contribution in [3.8, 4) is 0 Å². The summed E-state index contributed by atoms with van der Waals surface area (Å²) >= 11 is -4.99. The molecule has 0 aromatic heterocycles. The van der Waals surface area contributed by atoms with Crippen LogP contribution in [0.1, 0.15) is 61.0 Å². The Labute approximate surface area is 149 Å². The molecule has 24 heavy (non-hydrogen) atoms. The SMILES string of the molecule is Cc1cc[c]([Sb]23([O]C(C)(C)C(C)(C)[O]2)[O]C(C)(C)C(C)(C)[O]3)cc1. The Morgan fingerprint density at radius 3 is 1.17 bits per heavy atom. The Kier molecular flexibility index (Phi) is 3.71. The molecule has 1 aromatic rings. The molecule has 0 aliphatic carbocycles. The molecule has 3 rings (SSSR count). The van der Waals surface area contributed by atoms with Gasteiger partial charge in [-0.2, -0.15) is 0 Å². The van der Waals surface area contributed by atoms with Gasteiger partial charge in [0.25, 0.3) is 0 Å². The van der Waals surface area contributed by atoms with Crippen LogP contribution < -0.4 is 3.51 Å². The fourth-order valence-electron chi connectivity index (χ4n) is 3.12. The molecule has 0 radical (unpaired) electrons. The van der Waals surface area contributed by atoms with Crippen LogP contribution in [0.25, 0.3) is 0 Å². The third kappa shape index (κ3) is 2.34. The molecule has 1 aromatic carbocycles. The van der Waals surface area contributed by atoms with E-state index in [0.29, 0.717) is 0 Å². The van der Waals surface area contributed by atoms with Crippen molar-refractivity contribution in [1.29, 1.82) is 0 Å². The van der Waals surface area contributed by atoms with Gasteiger partial charge in [0.1, 0.15) is 0 Å². The summed E-state index contributed by atoms with van der Waals surface area (Å²) in [7, 11) is 0. The van der Waals surface area contributed by atoms with Gasteiger partial charge in [-0.1, -0.05) is 0 Å². The van der Waals surface area contributed by atoms with Gasteiger partial charge in [-0.3, -0.25) is 0 Å². The molecule has 2 saturated heterocycles. The molecule has 0 bridgehead atoms. The van der Waals surface area contributed by atoms with E-state index in [4.69, 9.17) is 12.1 Å². The van der Waals surface area contributed by atoms with Crippen LogP contribution in [0.4, 0.5) is 0 Å². The van der Waals surface area contributed by atoms with Gasteiger partial charge >= 0.3 is 149 Å². The predicted molar refractivity (Wildman–Crippen MR) is 97.2 cm³/mol. The number of benzene rings is 1. The van der Waals surface area contributed by atoms with Gasteiger partial charge in [-0.25, -0.2) is 0 Å². The summed E-state index contributed by atoms with van der Waals surface area (Å²) < 4.78 is 27.9. The molecule has 2 fully saturated rings. The van der Waals surface area contributed by atoms with E-state index in [1.807, 2.05) is 12.1 Å². The molecular weight excluding hydrogens is 414 g/mol. The van der Waals surface area contributed by atoms with Crippen molar-refractivity contribution in [2.45, 2.75) is 84.7 Å². The molecule has 4 nitrogen and oxygen atoms in total. The summed E-state index contributed by atoms with van der Waals surface area (Å²) in [6.07, 6.45) is 0. The van der Waals surface area contributed by atoms with Crippen LogP contribution >= 0.6 is 0 Å². The van der Waals surface area contributed by atoms with Crippen molar-refractivity contribution in [2.75, 3.05) is 0 Å². The third-order valence-corrected chi connectivity index (χ3v) is 18.0. The maximum atomic E-state index is 6.73. The van der Waals surface area contributed by atoms with Crippen LogP contribution in [-0.4, -0.2) is 41.5 Å². The number of aryl methyl sites for hydroxylation is 1. The summed E-state index contributed by atoms with van der Waals surface area (Å²) in [5.74, 6) is 0. The van der Waals surface area contributed by atoms with Crippen LogP contribution in [0.15, 0.2) is 24.3 Å². The third-order valence-electron chi connectivity index (χ3n) is 5.90. The second kappa shape index (κ2) is 4.78. The van der Waals surface area contributed by atoms with Crippen LogP contribution in [0.2, 0.25) is 0 Å². The summed E-state index contributed by atoms with van der Waals surface area (Å²) in [5, 5.41) is 0. The molecule has 0 unspecified atom stereocenters. The van der Waals surface area contributed by atoms with E-state index in [9.17, 15) is 0 Å². The normalized spacial score (nSPS) is 32.3. The Balaban J connectivity index is 2.28. The zero-order valence-electron chi connectivity index (χ0n) is 16.4. The molecule has 1 spiro atoms. The summed E-state index contributed by atoms with van der Waals surface area (Å²) in [6, 6.07) is 8.23. The summed E-state index contributed by atoms with van der Waals surface area (Å²) in [5.41, 5.74) is -0.888. The molecule has 0 atom stereocenters. The van der Waals surface area contributed by atoms with E-state index in [1.165, 1.54) is 5.56 Å². The maximum absolute atomic E-state index is 6.73. The zero-order valence-corrected chi connectivity index (χ0v) is 18.9. The Morgan fingerprint density at radius 1 is 0.583 bits per heavy atom. The van der Waals surface area contributed by atoms with Crippen LogP contribution in [0, 0.1) is 6.92 Å². The van der Waals surface area contributed by atoms with Crippen molar-refractivity contribution in [1.82, 2.24) is 0 Å². The monoisotopic (exact) mass is 444 g/mol. The van der Waals surface area contributed by atoms with E-state index in [-0.39, 0.29) is 0 Å². The van der Waals surface area contributed by atoms with Crippen molar-refractivity contribution in [2.24, 2.45) is 0 Å². The fraction of sp³-hybridized carbons (Fsp3) is 0.684. The molecule has 0 amide bonds. The first kappa shape index (κ1) is 18.7. The van der Waals surface area contributed by atoms with Gasteiger partial charge in [0.2, 0.25) is 0 Å². The molecular formula is C19H31O4Sb. The second-order valence-electron chi connectivity index (χ2n) is 9.05. The average molecular weight is 445 g/mol. The molecule has 2 aliphatic heterocycles. The minimum absolute atomic E-state index is 0.518. The predicted octanol–water partition coefficient (Wildman–Crippen LogP) is 3.80. The first-order valence-corrected chi connectivity index (χ1v) is 14.0. The quantitative estimate of drug-likeness (QED) is 0.617. The topological polar surface area (TPSA) is 36.9 Å². The molecule has 2 aliphatic rings. The van der Waals surface area contributed by atoms with Crippen LogP contribution in [0.3, 0.4) is 0 Å². The van der Waals surface area contributed by atoms with Crippen molar-refractivity contribution >= 4 is 22.6 Å².